The van der Waals surface area contributed by atoms with Gasteiger partial charge in [0, 0.05) is 0 Å². The largest absolute Gasteiger partial charge is 0.465 e. The second-order valence-corrected chi connectivity index (χ2v) is 7.71. The minimum Gasteiger partial charge on any atom is -0.465 e. The fourth-order valence-corrected chi connectivity index (χ4v) is 4.07. The number of ether oxygens (including phenoxy) is 3. The molecule has 1 aromatic carbocycles. The fraction of sp³-hybridized carbons (Fsp3) is 0.455. The molecule has 0 radical (unpaired) electrons. The Morgan fingerprint density at radius 2 is 1.58 bits per heavy atom. The van der Waals surface area contributed by atoms with Gasteiger partial charge in [0.15, 0.2) is 6.61 Å². The van der Waals surface area contributed by atoms with Gasteiger partial charge in [0.2, 0.25) is 11.8 Å². The van der Waals surface area contributed by atoms with Gasteiger partial charge in [0.05, 0.1) is 42.9 Å². The summed E-state index contributed by atoms with van der Waals surface area (Å²) >= 11 is 0. The zero-order valence-electron chi connectivity index (χ0n) is 18.3. The molecular formula is C22H24N2O9. The molecule has 2 aliphatic rings. The molecule has 0 unspecified atom stereocenters. The van der Waals surface area contributed by atoms with Crippen molar-refractivity contribution in [2.45, 2.75) is 25.7 Å². The van der Waals surface area contributed by atoms with Gasteiger partial charge in [0.25, 0.3) is 5.91 Å². The van der Waals surface area contributed by atoms with E-state index in [1.54, 1.807) is 0 Å². The summed E-state index contributed by atoms with van der Waals surface area (Å²) in [4.78, 5) is 74.0. The molecule has 1 aliphatic heterocycles. The minimum atomic E-state index is -0.915. The topological polar surface area (TPSA) is 145 Å². The maximum absolute atomic E-state index is 12.4. The highest BCUT2D eigenvalue weighted by Crippen LogP contribution is 2.37. The van der Waals surface area contributed by atoms with E-state index in [1.165, 1.54) is 25.3 Å². The lowest BCUT2D eigenvalue weighted by molar-refractivity contribution is -0.154. The molecule has 11 nitrogen and oxygen atoms in total. The van der Waals surface area contributed by atoms with Crippen molar-refractivity contribution in [1.29, 1.82) is 0 Å². The predicted octanol–water partition coefficient (Wildman–Crippen LogP) is 0.917. The number of nitrogens with zero attached hydrogens (tertiary/aromatic N) is 1. The van der Waals surface area contributed by atoms with Crippen LogP contribution >= 0.6 is 0 Å². The average Bonchev–Trinajstić information content (AvgIpc) is 3.06. The number of likely N-dealkylation sites (tertiary alicyclic amines) is 1. The summed E-state index contributed by atoms with van der Waals surface area (Å²) in [5.41, 5.74) is 0.00504. The number of rotatable bonds is 7. The van der Waals surface area contributed by atoms with Gasteiger partial charge in [-0.3, -0.25) is 24.1 Å². The number of benzene rings is 1. The van der Waals surface area contributed by atoms with Crippen molar-refractivity contribution in [1.82, 2.24) is 4.90 Å². The molecule has 3 rings (SSSR count). The number of hydrogen-bond acceptors (Lipinski definition) is 9. The Labute approximate surface area is 189 Å². The van der Waals surface area contributed by atoms with Gasteiger partial charge in [-0.15, -0.1) is 0 Å². The van der Waals surface area contributed by atoms with Gasteiger partial charge in [0.1, 0.15) is 6.54 Å². The molecule has 1 aromatic rings. The number of imide groups is 1. The zero-order chi connectivity index (χ0) is 24.1. The second-order valence-electron chi connectivity index (χ2n) is 7.71. The number of carbonyl (C=O) groups is 6. The first-order valence-electron chi connectivity index (χ1n) is 10.4. The molecule has 0 spiro atoms. The van der Waals surface area contributed by atoms with E-state index in [4.69, 9.17) is 4.74 Å². The van der Waals surface area contributed by atoms with Crippen molar-refractivity contribution in [3.05, 3.63) is 29.3 Å². The molecule has 2 fully saturated rings. The lowest BCUT2D eigenvalue weighted by Crippen LogP contribution is -2.37. The first-order valence-corrected chi connectivity index (χ1v) is 10.4. The minimum absolute atomic E-state index is 0.0271. The van der Waals surface area contributed by atoms with Crippen LogP contribution in [-0.4, -0.2) is 67.9 Å². The van der Waals surface area contributed by atoms with Gasteiger partial charge in [-0.25, -0.2) is 9.59 Å². The maximum atomic E-state index is 12.4. The Balaban J connectivity index is 1.60. The van der Waals surface area contributed by atoms with E-state index >= 15 is 0 Å². The number of amides is 3. The lowest BCUT2D eigenvalue weighted by atomic mass is 9.81. The molecule has 1 saturated heterocycles. The first-order chi connectivity index (χ1) is 15.8. The van der Waals surface area contributed by atoms with Crippen molar-refractivity contribution >= 4 is 41.3 Å². The van der Waals surface area contributed by atoms with Crippen LogP contribution < -0.4 is 5.32 Å². The lowest BCUT2D eigenvalue weighted by Gasteiger charge is -2.19. The van der Waals surface area contributed by atoms with E-state index in [9.17, 15) is 28.8 Å². The highest BCUT2D eigenvalue weighted by atomic mass is 16.5. The zero-order valence-corrected chi connectivity index (χ0v) is 18.3. The Kier molecular flexibility index (Phi) is 7.41. The average molecular weight is 460 g/mol. The van der Waals surface area contributed by atoms with E-state index in [2.05, 4.69) is 14.8 Å². The summed E-state index contributed by atoms with van der Waals surface area (Å²) in [7, 11) is 2.33. The Hall–Kier alpha value is -3.76. The third kappa shape index (κ3) is 5.18. The summed E-state index contributed by atoms with van der Waals surface area (Å²) in [6.45, 7) is -1.30. The summed E-state index contributed by atoms with van der Waals surface area (Å²) in [6, 6.07) is 3.83. The van der Waals surface area contributed by atoms with Gasteiger partial charge < -0.3 is 19.5 Å². The molecule has 1 aliphatic carbocycles. The summed E-state index contributed by atoms with van der Waals surface area (Å²) < 4.78 is 14.2. The number of nitrogens with one attached hydrogen (secondary N) is 1. The van der Waals surface area contributed by atoms with Gasteiger partial charge >= 0.3 is 17.9 Å². The molecule has 1 N–H and O–H groups in total. The molecule has 0 bridgehead atoms. The standard InChI is InChI=1S/C22H24N2O9/c1-31-21(29)12-7-8-15(22(30)32-2)16(9-12)23-17(25)11-33-18(26)10-24-19(27)13-5-3-4-6-14(13)20(24)28/h7-9,13-14H,3-6,10-11H2,1-2H3,(H,23,25)/t13-,14-/m0/s1. The SMILES string of the molecule is COC(=O)c1ccc(C(=O)OC)c(NC(=O)COC(=O)CN2C(=O)[C@H]3CCCC[C@@H]3C2=O)c1. The summed E-state index contributed by atoms with van der Waals surface area (Å²) in [5.74, 6) is -4.70. The Morgan fingerprint density at radius 1 is 0.970 bits per heavy atom. The highest BCUT2D eigenvalue weighted by molar-refractivity contribution is 6.07. The molecule has 1 heterocycles. The number of hydrogen-bond donors (Lipinski definition) is 1. The molecule has 0 aromatic heterocycles. The van der Waals surface area contributed by atoms with E-state index in [-0.39, 0.29) is 40.5 Å². The number of esters is 3. The highest BCUT2D eigenvalue weighted by Gasteiger charge is 2.48. The van der Waals surface area contributed by atoms with Gasteiger partial charge in [-0.2, -0.15) is 0 Å². The van der Waals surface area contributed by atoms with E-state index < -0.39 is 37.0 Å². The quantitative estimate of drug-likeness (QED) is 0.356. The third-order valence-corrected chi connectivity index (χ3v) is 5.70. The smallest absolute Gasteiger partial charge is 0.339 e. The van der Waals surface area contributed by atoms with Crippen LogP contribution in [0.1, 0.15) is 46.4 Å². The fourth-order valence-electron chi connectivity index (χ4n) is 4.07. The van der Waals surface area contributed by atoms with E-state index in [0.29, 0.717) is 12.8 Å². The van der Waals surface area contributed by atoms with Crippen molar-refractivity contribution in [3.8, 4) is 0 Å². The van der Waals surface area contributed by atoms with Crippen molar-refractivity contribution < 1.29 is 43.0 Å². The summed E-state index contributed by atoms with van der Waals surface area (Å²) in [6.07, 6.45) is 2.97. The maximum Gasteiger partial charge on any atom is 0.339 e. The monoisotopic (exact) mass is 460 g/mol. The van der Waals surface area contributed by atoms with E-state index in [0.717, 1.165) is 24.9 Å². The molecule has 1 saturated carbocycles. The molecule has 33 heavy (non-hydrogen) atoms. The van der Waals surface area contributed by atoms with Crippen LogP contribution in [0.3, 0.4) is 0 Å². The van der Waals surface area contributed by atoms with Crippen LogP contribution in [0, 0.1) is 11.8 Å². The number of fused-ring (bicyclic) bond motifs is 1. The van der Waals surface area contributed by atoms with Crippen molar-refractivity contribution in [2.75, 3.05) is 32.7 Å². The normalized spacial score (nSPS) is 19.5. The summed E-state index contributed by atoms with van der Waals surface area (Å²) in [5, 5.41) is 2.38. The first kappa shape index (κ1) is 23.9. The molecule has 11 heteroatoms. The number of anilines is 1. The Bertz CT molecular complexity index is 980. The van der Waals surface area contributed by atoms with Crippen LogP contribution in [0.25, 0.3) is 0 Å². The van der Waals surface area contributed by atoms with Crippen molar-refractivity contribution in [2.24, 2.45) is 11.8 Å². The van der Waals surface area contributed by atoms with Crippen LogP contribution in [0.4, 0.5) is 5.69 Å². The van der Waals surface area contributed by atoms with Gasteiger partial charge in [-0.1, -0.05) is 12.8 Å². The third-order valence-electron chi connectivity index (χ3n) is 5.70. The van der Waals surface area contributed by atoms with Crippen molar-refractivity contribution in [3.63, 3.8) is 0 Å². The number of carbonyl (C=O) groups excluding carboxylic acids is 6. The van der Waals surface area contributed by atoms with Gasteiger partial charge in [-0.05, 0) is 31.0 Å². The predicted molar refractivity (Wildman–Crippen MR) is 111 cm³/mol. The van der Waals surface area contributed by atoms with E-state index in [1.807, 2.05) is 0 Å². The van der Waals surface area contributed by atoms with Crippen LogP contribution in [-0.2, 0) is 33.4 Å². The molecule has 3 amide bonds. The molecular weight excluding hydrogens is 436 g/mol. The van der Waals surface area contributed by atoms with Crippen LogP contribution in [0.2, 0.25) is 0 Å². The Morgan fingerprint density at radius 3 is 2.15 bits per heavy atom. The molecule has 2 atom stereocenters. The second kappa shape index (κ2) is 10.2. The van der Waals surface area contributed by atoms with Crippen LogP contribution in [0.15, 0.2) is 18.2 Å². The van der Waals surface area contributed by atoms with Crippen LogP contribution in [0.5, 0.6) is 0 Å². The number of methoxy groups -OCH3 is 2. The molecule has 176 valence electrons.